The first-order valence-corrected chi connectivity index (χ1v) is 14.7. The smallest absolute Gasteiger partial charge is 0.407 e. The molecule has 2 unspecified atom stereocenters. The standard InChI is InChI=1S/C37H39N3O4/c1-37(2,3)44-36(43)39-24-29-13-8-14-32(21-29)30-15-17-31(18-16-30)35(42)40-34(22-26-9-5-4-6-10-26)33(25-41)20-27-11-7-12-28(19-27)23-38/h4-19,21,33-34,41H,20,22,24-25H2,1-3H3,(H,39,43)(H,40,42). The predicted octanol–water partition coefficient (Wildman–Crippen LogP) is 6.44. The molecule has 0 spiro atoms. The van der Waals surface area contributed by atoms with Gasteiger partial charge in [-0.15, -0.1) is 0 Å². The normalized spacial score (nSPS) is 12.4. The molecule has 2 atom stereocenters. The number of carbonyl (C=O) groups excluding carboxylic acids is 2. The average Bonchev–Trinajstić information content (AvgIpc) is 3.02. The van der Waals surface area contributed by atoms with Crippen LogP contribution in [0, 0.1) is 17.2 Å². The third-order valence-electron chi connectivity index (χ3n) is 7.22. The first kappa shape index (κ1) is 32.0. The summed E-state index contributed by atoms with van der Waals surface area (Å²) < 4.78 is 5.32. The Morgan fingerprint density at radius 1 is 0.818 bits per heavy atom. The van der Waals surface area contributed by atoms with Crippen LogP contribution in [0.3, 0.4) is 0 Å². The molecule has 7 nitrogen and oxygen atoms in total. The van der Waals surface area contributed by atoms with Gasteiger partial charge in [-0.1, -0.05) is 72.8 Å². The van der Waals surface area contributed by atoms with E-state index in [1.54, 1.807) is 18.2 Å². The van der Waals surface area contributed by atoms with Crippen molar-refractivity contribution >= 4 is 12.0 Å². The van der Waals surface area contributed by atoms with Crippen LogP contribution in [0.15, 0.2) is 103 Å². The van der Waals surface area contributed by atoms with Gasteiger partial charge in [0.15, 0.2) is 0 Å². The van der Waals surface area contributed by atoms with E-state index in [1.165, 1.54) is 0 Å². The number of aliphatic hydroxyl groups is 1. The second kappa shape index (κ2) is 15.0. The molecule has 0 heterocycles. The Kier molecular flexibility index (Phi) is 10.9. The summed E-state index contributed by atoms with van der Waals surface area (Å²) in [4.78, 5) is 25.5. The minimum Gasteiger partial charge on any atom is -0.444 e. The van der Waals surface area contributed by atoms with Crippen LogP contribution in [0.25, 0.3) is 11.1 Å². The van der Waals surface area contributed by atoms with E-state index >= 15 is 0 Å². The van der Waals surface area contributed by atoms with E-state index in [4.69, 9.17) is 4.74 Å². The van der Waals surface area contributed by atoms with E-state index in [0.29, 0.717) is 30.5 Å². The molecule has 44 heavy (non-hydrogen) atoms. The van der Waals surface area contributed by atoms with Crippen molar-refractivity contribution in [2.24, 2.45) is 5.92 Å². The van der Waals surface area contributed by atoms with Crippen LogP contribution < -0.4 is 10.6 Å². The highest BCUT2D eigenvalue weighted by Crippen LogP contribution is 2.23. The van der Waals surface area contributed by atoms with Crippen molar-refractivity contribution in [2.75, 3.05) is 6.61 Å². The highest BCUT2D eigenvalue weighted by molar-refractivity contribution is 5.95. The van der Waals surface area contributed by atoms with Gasteiger partial charge in [0.1, 0.15) is 5.60 Å². The molecule has 0 radical (unpaired) electrons. The van der Waals surface area contributed by atoms with Gasteiger partial charge in [-0.3, -0.25) is 4.79 Å². The fourth-order valence-electron chi connectivity index (χ4n) is 5.02. The van der Waals surface area contributed by atoms with Crippen molar-refractivity contribution in [3.63, 3.8) is 0 Å². The molecule has 0 aliphatic rings. The van der Waals surface area contributed by atoms with E-state index in [2.05, 4.69) is 16.7 Å². The van der Waals surface area contributed by atoms with Gasteiger partial charge in [0.25, 0.3) is 5.91 Å². The molecular formula is C37H39N3O4. The van der Waals surface area contributed by atoms with Crippen molar-refractivity contribution in [3.8, 4) is 17.2 Å². The molecule has 4 rings (SSSR count). The lowest BCUT2D eigenvalue weighted by Gasteiger charge is -2.27. The lowest BCUT2D eigenvalue weighted by atomic mass is 9.88. The van der Waals surface area contributed by atoms with Crippen LogP contribution in [0.5, 0.6) is 0 Å². The Bertz CT molecular complexity index is 1590. The Hall–Kier alpha value is -4.93. The van der Waals surface area contributed by atoms with Gasteiger partial charge in [-0.25, -0.2) is 4.79 Å². The summed E-state index contributed by atoms with van der Waals surface area (Å²) in [7, 11) is 0. The van der Waals surface area contributed by atoms with Crippen molar-refractivity contribution in [2.45, 2.75) is 51.8 Å². The van der Waals surface area contributed by atoms with E-state index in [1.807, 2.05) is 106 Å². The molecule has 4 aromatic carbocycles. The fourth-order valence-corrected chi connectivity index (χ4v) is 5.02. The number of amides is 2. The number of ether oxygens (including phenoxy) is 1. The molecule has 0 aliphatic heterocycles. The van der Waals surface area contributed by atoms with E-state index in [-0.39, 0.29) is 24.5 Å². The van der Waals surface area contributed by atoms with Gasteiger partial charge in [-0.05, 0) is 91.8 Å². The molecule has 4 aromatic rings. The lowest BCUT2D eigenvalue weighted by Crippen LogP contribution is -2.44. The molecule has 226 valence electrons. The highest BCUT2D eigenvalue weighted by atomic mass is 16.6. The summed E-state index contributed by atoms with van der Waals surface area (Å²) in [5, 5.41) is 25.7. The maximum absolute atomic E-state index is 13.5. The quantitative estimate of drug-likeness (QED) is 0.186. The second-order valence-corrected chi connectivity index (χ2v) is 11.9. The molecule has 7 heteroatoms. The van der Waals surface area contributed by atoms with E-state index < -0.39 is 11.7 Å². The number of nitrogens with zero attached hydrogens (tertiary/aromatic N) is 1. The number of alkyl carbamates (subject to hydrolysis) is 1. The monoisotopic (exact) mass is 589 g/mol. The number of hydrogen-bond donors (Lipinski definition) is 3. The maximum atomic E-state index is 13.5. The largest absolute Gasteiger partial charge is 0.444 e. The van der Waals surface area contributed by atoms with Crippen molar-refractivity contribution < 1.29 is 19.4 Å². The summed E-state index contributed by atoms with van der Waals surface area (Å²) in [6.07, 6.45) is 0.600. The van der Waals surface area contributed by atoms with Gasteiger partial charge in [0.05, 0.1) is 11.6 Å². The van der Waals surface area contributed by atoms with Crippen LogP contribution in [-0.4, -0.2) is 35.4 Å². The molecule has 0 bridgehead atoms. The minimum absolute atomic E-state index is 0.118. The van der Waals surface area contributed by atoms with Crippen LogP contribution in [0.1, 0.15) is 53.4 Å². The zero-order valence-corrected chi connectivity index (χ0v) is 25.4. The Morgan fingerprint density at radius 2 is 1.50 bits per heavy atom. The van der Waals surface area contributed by atoms with Crippen LogP contribution in [0.4, 0.5) is 4.79 Å². The lowest BCUT2D eigenvalue weighted by molar-refractivity contribution is 0.0523. The average molecular weight is 590 g/mol. The predicted molar refractivity (Wildman–Crippen MR) is 172 cm³/mol. The first-order valence-electron chi connectivity index (χ1n) is 14.7. The Morgan fingerprint density at radius 3 is 2.18 bits per heavy atom. The van der Waals surface area contributed by atoms with E-state index in [0.717, 1.165) is 27.8 Å². The summed E-state index contributed by atoms with van der Waals surface area (Å²) in [6, 6.07) is 34.3. The number of benzene rings is 4. The Labute approximate surface area is 259 Å². The molecule has 0 saturated heterocycles. The summed E-state index contributed by atoms with van der Waals surface area (Å²) in [6.45, 7) is 5.68. The Balaban J connectivity index is 1.47. The molecule has 0 aliphatic carbocycles. The zero-order valence-electron chi connectivity index (χ0n) is 25.4. The molecule has 0 aromatic heterocycles. The number of rotatable bonds is 11. The van der Waals surface area contributed by atoms with Crippen molar-refractivity contribution in [3.05, 3.63) is 131 Å². The van der Waals surface area contributed by atoms with E-state index in [9.17, 15) is 20.0 Å². The molecule has 0 saturated carbocycles. The molecule has 3 N–H and O–H groups in total. The second-order valence-electron chi connectivity index (χ2n) is 11.9. The summed E-state index contributed by atoms with van der Waals surface area (Å²) >= 11 is 0. The highest BCUT2D eigenvalue weighted by Gasteiger charge is 2.24. The van der Waals surface area contributed by atoms with Crippen molar-refractivity contribution in [1.29, 1.82) is 5.26 Å². The number of carbonyl (C=O) groups is 2. The number of nitriles is 1. The summed E-state index contributed by atoms with van der Waals surface area (Å²) in [5.74, 6) is -0.485. The van der Waals surface area contributed by atoms with Crippen LogP contribution in [-0.2, 0) is 24.1 Å². The molecule has 0 fully saturated rings. The van der Waals surface area contributed by atoms with Crippen LogP contribution >= 0.6 is 0 Å². The SMILES string of the molecule is CC(C)(C)OC(=O)NCc1cccc(-c2ccc(C(=O)NC(Cc3ccccc3)C(CO)Cc3cccc(C#N)c3)cc2)c1. The molecular weight excluding hydrogens is 550 g/mol. The number of aliphatic hydroxyl groups excluding tert-OH is 1. The van der Waals surface area contributed by atoms with Crippen molar-refractivity contribution in [1.82, 2.24) is 10.6 Å². The fraction of sp³-hybridized carbons (Fsp3) is 0.270. The zero-order chi connectivity index (χ0) is 31.5. The topological polar surface area (TPSA) is 111 Å². The number of hydrogen-bond acceptors (Lipinski definition) is 5. The van der Waals surface area contributed by atoms with Gasteiger partial charge in [0.2, 0.25) is 0 Å². The minimum atomic E-state index is -0.565. The third kappa shape index (κ3) is 9.55. The van der Waals surface area contributed by atoms with Gasteiger partial charge < -0.3 is 20.5 Å². The number of nitrogens with one attached hydrogen (secondary N) is 2. The first-order chi connectivity index (χ1) is 21.1. The third-order valence-corrected chi connectivity index (χ3v) is 7.22. The van der Waals surface area contributed by atoms with Gasteiger partial charge >= 0.3 is 6.09 Å². The summed E-state index contributed by atoms with van der Waals surface area (Å²) in [5.41, 5.74) is 5.32. The van der Waals surface area contributed by atoms with Crippen LogP contribution in [0.2, 0.25) is 0 Å². The van der Waals surface area contributed by atoms with Gasteiger partial charge in [-0.2, -0.15) is 5.26 Å². The van der Waals surface area contributed by atoms with Gasteiger partial charge in [0, 0.05) is 30.7 Å². The maximum Gasteiger partial charge on any atom is 0.407 e. The molecule has 2 amide bonds.